The van der Waals surface area contributed by atoms with Gasteiger partial charge in [-0.15, -0.1) is 0 Å². The molecule has 0 heterocycles. The molecule has 2 aromatic carbocycles. The van der Waals surface area contributed by atoms with Crippen molar-refractivity contribution in [2.24, 2.45) is 0 Å². The number of hydrogen-bond donors (Lipinski definition) is 0. The molecule has 0 bridgehead atoms. The summed E-state index contributed by atoms with van der Waals surface area (Å²) in [7, 11) is 0. The molecule has 202 valence electrons. The molecule has 10 heteroatoms. The molecule has 0 atom stereocenters. The molecule has 0 N–H and O–H groups in total. The Morgan fingerprint density at radius 3 is 1.19 bits per heavy atom. The lowest BCUT2D eigenvalue weighted by Crippen LogP contribution is -3.61. The van der Waals surface area contributed by atoms with Crippen LogP contribution in [0.4, 0.5) is 30.7 Å². The van der Waals surface area contributed by atoms with Gasteiger partial charge in [0.1, 0.15) is 5.97 Å². The van der Waals surface area contributed by atoms with Gasteiger partial charge in [-0.2, -0.15) is 30.7 Å². The van der Waals surface area contributed by atoms with Crippen LogP contribution >= 0.6 is 0 Å². The molecule has 36 heavy (non-hydrogen) atoms. The zero-order valence-electron chi connectivity index (χ0n) is 20.9. The maximum absolute atomic E-state index is 11.7. The number of benzene rings is 2. The van der Waals surface area contributed by atoms with Crippen molar-refractivity contribution in [1.29, 1.82) is 0 Å². The summed E-state index contributed by atoms with van der Waals surface area (Å²) in [5.41, 5.74) is 3.47. The molecule has 0 saturated carbocycles. The van der Waals surface area contributed by atoms with E-state index >= 15 is 0 Å². The molecule has 2 aromatic rings. The summed E-state index contributed by atoms with van der Waals surface area (Å²) in [6.07, 6.45) is -4.29. The van der Waals surface area contributed by atoms with Crippen molar-refractivity contribution < 1.29 is 61.8 Å². The highest BCUT2D eigenvalue weighted by molar-refractivity contribution is 5.74. The van der Waals surface area contributed by atoms with E-state index in [0.717, 1.165) is 0 Å². The SMILES string of the molecule is CCC(C)(C)c1ccc([I+]c2ccc(C(C)(C)CC)cc2)cc1.O=C([O-])C(F)(F)C(F)(F)C(F)(F)F. The number of rotatable bonds is 8. The van der Waals surface area contributed by atoms with Crippen molar-refractivity contribution in [3.05, 3.63) is 66.8 Å². The first-order valence-electron chi connectivity index (χ1n) is 11.1. The van der Waals surface area contributed by atoms with Gasteiger partial charge in [0.05, 0.1) is 0 Å². The van der Waals surface area contributed by atoms with E-state index in [9.17, 15) is 40.6 Å². The molecule has 0 spiro atoms. The fourth-order valence-electron chi connectivity index (χ4n) is 2.77. The number of carbonyl (C=O) groups excluding carboxylic acids is 1. The predicted octanol–water partition coefficient (Wildman–Crippen LogP) is 3.76. The summed E-state index contributed by atoms with van der Waals surface area (Å²) in [6.45, 7) is 13.8. The quantitative estimate of drug-likeness (QED) is 0.328. The molecule has 2 nitrogen and oxygen atoms in total. The molecule has 0 aliphatic carbocycles. The van der Waals surface area contributed by atoms with Crippen LogP contribution in [0.3, 0.4) is 0 Å². The van der Waals surface area contributed by atoms with Crippen molar-refractivity contribution in [1.82, 2.24) is 0 Å². The topological polar surface area (TPSA) is 40.1 Å². The van der Waals surface area contributed by atoms with E-state index in [1.807, 2.05) is 0 Å². The van der Waals surface area contributed by atoms with E-state index in [4.69, 9.17) is 0 Å². The molecular formula is C26H30F7IO2. The Hall–Kier alpha value is -1.85. The van der Waals surface area contributed by atoms with Gasteiger partial charge < -0.3 is 9.90 Å². The number of halogens is 8. The fraction of sp³-hybridized carbons (Fsp3) is 0.500. The van der Waals surface area contributed by atoms with E-state index < -0.39 is 24.0 Å². The Balaban J connectivity index is 0.000000426. The molecule has 0 aromatic heterocycles. The fourth-order valence-corrected chi connectivity index (χ4v) is 4.93. The standard InChI is InChI=1S/C22H30I.C4HF7O2/c1-7-21(3,4)17-9-13-19(14-10-17)23-20-15-11-18(12-16-20)22(5,6)8-2;5-2(6,1(12)13)3(7,8)4(9,10)11/h9-16H,7-8H2,1-6H3;(H,12,13)/q+1;/p-1. The highest BCUT2D eigenvalue weighted by Crippen LogP contribution is 2.46. The number of carboxylic acids is 1. The molecule has 2 rings (SSSR count). The van der Waals surface area contributed by atoms with E-state index in [-0.39, 0.29) is 32.0 Å². The lowest BCUT2D eigenvalue weighted by atomic mass is 9.82. The summed E-state index contributed by atoms with van der Waals surface area (Å²) < 4.78 is 83.2. The highest BCUT2D eigenvalue weighted by atomic mass is 127. The van der Waals surface area contributed by atoms with Crippen LogP contribution in [0.1, 0.15) is 65.5 Å². The van der Waals surface area contributed by atoms with Gasteiger partial charge in [0.2, 0.25) is 0 Å². The first kappa shape index (κ1) is 32.2. The van der Waals surface area contributed by atoms with Gasteiger partial charge in [0.15, 0.2) is 7.14 Å². The van der Waals surface area contributed by atoms with Crippen LogP contribution in [0.2, 0.25) is 0 Å². The van der Waals surface area contributed by atoms with Crippen LogP contribution in [0.25, 0.3) is 0 Å². The molecule has 0 aliphatic rings. The molecule has 0 saturated heterocycles. The van der Waals surface area contributed by atoms with Crippen LogP contribution in [0.5, 0.6) is 0 Å². The van der Waals surface area contributed by atoms with Crippen molar-refractivity contribution >= 4 is 5.97 Å². The number of aliphatic carboxylic acids is 1. The lowest BCUT2D eigenvalue weighted by molar-refractivity contribution is -0.597. The third-order valence-electron chi connectivity index (χ3n) is 6.24. The van der Waals surface area contributed by atoms with Gasteiger partial charge in [-0.3, -0.25) is 0 Å². The average Bonchev–Trinajstić information content (AvgIpc) is 2.79. The molecule has 0 fully saturated rings. The van der Waals surface area contributed by atoms with E-state index in [1.165, 1.54) is 31.1 Å². The van der Waals surface area contributed by atoms with Crippen molar-refractivity contribution in [2.75, 3.05) is 0 Å². The van der Waals surface area contributed by atoms with Crippen LogP contribution in [-0.2, 0) is 15.6 Å². The zero-order valence-corrected chi connectivity index (χ0v) is 23.0. The van der Waals surface area contributed by atoms with Crippen LogP contribution in [0, 0.1) is 7.14 Å². The Morgan fingerprint density at radius 1 is 0.694 bits per heavy atom. The van der Waals surface area contributed by atoms with Gasteiger partial charge in [-0.05, 0) is 59.1 Å². The summed E-state index contributed by atoms with van der Waals surface area (Å²) in [4.78, 5) is 9.27. The second kappa shape index (κ2) is 11.7. The largest absolute Gasteiger partial charge is 0.544 e. The second-order valence-corrected chi connectivity index (χ2v) is 12.5. The summed E-state index contributed by atoms with van der Waals surface area (Å²) in [5.74, 6) is -16.7. The first-order valence-corrected chi connectivity index (χ1v) is 13.3. The Kier molecular flexibility index (Phi) is 10.4. The minimum Gasteiger partial charge on any atom is -0.544 e. The second-order valence-electron chi connectivity index (χ2n) is 9.52. The number of carboxylic acid groups (broad SMARTS) is 1. The van der Waals surface area contributed by atoms with Gasteiger partial charge >= 0.3 is 39.2 Å². The molecular weight excluding hydrogens is 604 g/mol. The average molecular weight is 634 g/mol. The smallest absolute Gasteiger partial charge is 0.460 e. The zero-order chi connectivity index (χ0) is 28.2. The van der Waals surface area contributed by atoms with Gasteiger partial charge in [-0.25, -0.2) is 0 Å². The molecule has 0 amide bonds. The summed E-state index contributed by atoms with van der Waals surface area (Å²) in [6, 6.07) is 18.7. The third-order valence-corrected chi connectivity index (χ3v) is 8.93. The van der Waals surface area contributed by atoms with E-state index in [0.29, 0.717) is 0 Å². The molecule has 0 unspecified atom stereocenters. The number of alkyl halides is 7. The molecule has 0 aliphatic heterocycles. The van der Waals surface area contributed by atoms with Crippen molar-refractivity contribution in [2.45, 2.75) is 83.2 Å². The van der Waals surface area contributed by atoms with Gasteiger partial charge in [0.25, 0.3) is 0 Å². The predicted molar refractivity (Wildman–Crippen MR) is 118 cm³/mol. The normalized spacial score (nSPS) is 13.1. The van der Waals surface area contributed by atoms with Gasteiger partial charge in [0, 0.05) is 0 Å². The minimum atomic E-state index is -6.64. The van der Waals surface area contributed by atoms with Gasteiger partial charge in [-0.1, -0.05) is 65.8 Å². The number of carbonyl (C=O) groups is 1. The van der Waals surface area contributed by atoms with Crippen molar-refractivity contribution in [3.63, 3.8) is 0 Å². The Morgan fingerprint density at radius 2 is 1.00 bits per heavy atom. The summed E-state index contributed by atoms with van der Waals surface area (Å²) >= 11 is -0.0793. The van der Waals surface area contributed by atoms with Crippen LogP contribution in [0.15, 0.2) is 48.5 Å². The van der Waals surface area contributed by atoms with E-state index in [1.54, 1.807) is 0 Å². The molecule has 0 radical (unpaired) electrons. The summed E-state index contributed by atoms with van der Waals surface area (Å²) in [5, 5.41) is 9.27. The monoisotopic (exact) mass is 634 g/mol. The number of hydrogen-bond acceptors (Lipinski definition) is 2. The maximum atomic E-state index is 11.7. The van der Waals surface area contributed by atoms with E-state index in [2.05, 4.69) is 90.1 Å². The first-order chi connectivity index (χ1) is 16.2. The Bertz CT molecular complexity index is 939. The minimum absolute atomic E-state index is 0.0793. The van der Waals surface area contributed by atoms with Crippen LogP contribution in [-0.4, -0.2) is 24.0 Å². The Labute approximate surface area is 217 Å². The highest BCUT2D eigenvalue weighted by Gasteiger charge is 2.73. The van der Waals surface area contributed by atoms with Crippen LogP contribution < -0.4 is 26.3 Å². The van der Waals surface area contributed by atoms with Crippen molar-refractivity contribution in [3.8, 4) is 0 Å². The third kappa shape index (κ3) is 7.58. The maximum Gasteiger partial charge on any atom is 0.460 e. The lowest BCUT2D eigenvalue weighted by Gasteiger charge is -2.28.